The summed E-state index contributed by atoms with van der Waals surface area (Å²) in [6, 6.07) is 10.8. The summed E-state index contributed by atoms with van der Waals surface area (Å²) < 4.78 is 0.806. The van der Waals surface area contributed by atoms with Gasteiger partial charge in [-0.15, -0.1) is 11.3 Å². The fourth-order valence-electron chi connectivity index (χ4n) is 2.56. The molecule has 4 rings (SSSR count). The lowest BCUT2D eigenvalue weighted by atomic mass is 10.1. The van der Waals surface area contributed by atoms with Gasteiger partial charge in [0, 0.05) is 17.8 Å². The molecule has 0 radical (unpaired) electrons. The molecule has 9 heteroatoms. The van der Waals surface area contributed by atoms with Crippen molar-refractivity contribution in [2.45, 2.75) is 6.61 Å². The van der Waals surface area contributed by atoms with Crippen LogP contribution in [0.3, 0.4) is 0 Å². The van der Waals surface area contributed by atoms with Crippen molar-refractivity contribution < 1.29 is 5.11 Å². The van der Waals surface area contributed by atoms with Crippen molar-refractivity contribution in [3.05, 3.63) is 59.1 Å². The molecular weight excluding hydrogens is 384 g/mol. The van der Waals surface area contributed by atoms with Gasteiger partial charge in [-0.25, -0.2) is 19.9 Å². The van der Waals surface area contributed by atoms with E-state index in [2.05, 4.69) is 31.3 Å². The van der Waals surface area contributed by atoms with Crippen molar-refractivity contribution >= 4 is 44.8 Å². The van der Waals surface area contributed by atoms with Gasteiger partial charge in [-0.1, -0.05) is 17.7 Å². The van der Waals surface area contributed by atoms with Gasteiger partial charge >= 0.3 is 0 Å². The molecule has 0 aliphatic heterocycles. The van der Waals surface area contributed by atoms with Crippen molar-refractivity contribution in [2.75, 3.05) is 5.32 Å². The molecule has 0 saturated carbocycles. The number of rotatable bonds is 4. The fourth-order valence-corrected chi connectivity index (χ4v) is 3.96. The van der Waals surface area contributed by atoms with Crippen molar-refractivity contribution in [1.29, 1.82) is 5.26 Å². The minimum absolute atomic E-state index is 0.178. The third-order valence-corrected chi connectivity index (χ3v) is 5.19. The van der Waals surface area contributed by atoms with Crippen LogP contribution in [0.4, 0.5) is 11.6 Å². The number of anilines is 2. The molecule has 7 nitrogen and oxygen atoms in total. The van der Waals surface area contributed by atoms with Crippen LogP contribution in [0.2, 0.25) is 5.02 Å². The monoisotopic (exact) mass is 394 g/mol. The summed E-state index contributed by atoms with van der Waals surface area (Å²) >= 11 is 7.70. The molecule has 0 aliphatic rings. The standard InChI is InChI=1S/C18H11ClN6OS/c19-12-3-1-2-10(7-20)15(12)18-24-13-4-5-21-17(16(13)27-18)25-14-6-11(8-26)22-9-23-14/h1-6,9,26H,8H2,(H,21,22,23,25). The number of pyridine rings is 1. The van der Waals surface area contributed by atoms with Crippen molar-refractivity contribution in [1.82, 2.24) is 19.9 Å². The summed E-state index contributed by atoms with van der Waals surface area (Å²) in [5.74, 6) is 1.09. The van der Waals surface area contributed by atoms with E-state index in [4.69, 9.17) is 11.6 Å². The molecule has 0 bridgehead atoms. The van der Waals surface area contributed by atoms with E-state index in [9.17, 15) is 10.4 Å². The second kappa shape index (κ2) is 7.25. The largest absolute Gasteiger partial charge is 0.390 e. The van der Waals surface area contributed by atoms with Crippen LogP contribution in [0.25, 0.3) is 20.8 Å². The van der Waals surface area contributed by atoms with E-state index < -0.39 is 0 Å². The lowest BCUT2D eigenvalue weighted by molar-refractivity contribution is 0.276. The zero-order chi connectivity index (χ0) is 18.8. The van der Waals surface area contributed by atoms with Crippen LogP contribution >= 0.6 is 22.9 Å². The second-order valence-electron chi connectivity index (χ2n) is 5.48. The predicted octanol–water partition coefficient (Wildman–Crippen LogP) is 3.91. The molecule has 3 aromatic heterocycles. The highest BCUT2D eigenvalue weighted by Gasteiger charge is 2.16. The summed E-state index contributed by atoms with van der Waals surface area (Å²) in [5, 5.41) is 22.9. The van der Waals surface area contributed by atoms with Crippen molar-refractivity contribution in [3.63, 3.8) is 0 Å². The molecule has 1 aromatic carbocycles. The Hall–Kier alpha value is -3.12. The van der Waals surface area contributed by atoms with E-state index in [1.165, 1.54) is 17.7 Å². The van der Waals surface area contributed by atoms with Crippen LogP contribution in [0.15, 0.2) is 42.9 Å². The molecule has 0 atom stereocenters. The molecule has 0 spiro atoms. The van der Waals surface area contributed by atoms with Gasteiger partial charge in [0.15, 0.2) is 5.82 Å². The van der Waals surface area contributed by atoms with Crippen LogP contribution in [-0.4, -0.2) is 25.0 Å². The summed E-state index contributed by atoms with van der Waals surface area (Å²) in [5.41, 5.74) is 2.30. The van der Waals surface area contributed by atoms with E-state index in [0.29, 0.717) is 38.5 Å². The van der Waals surface area contributed by atoms with Gasteiger partial charge in [0.1, 0.15) is 17.2 Å². The lowest BCUT2D eigenvalue weighted by Crippen LogP contribution is -1.99. The minimum atomic E-state index is -0.178. The number of nitriles is 1. The first-order chi connectivity index (χ1) is 13.2. The zero-order valence-corrected chi connectivity index (χ0v) is 15.3. The third kappa shape index (κ3) is 3.31. The quantitative estimate of drug-likeness (QED) is 0.540. The number of hydrogen-bond acceptors (Lipinski definition) is 8. The van der Waals surface area contributed by atoms with E-state index in [1.54, 1.807) is 36.5 Å². The van der Waals surface area contributed by atoms with Gasteiger partial charge in [-0.3, -0.25) is 0 Å². The molecule has 132 valence electrons. The first-order valence-corrected chi connectivity index (χ1v) is 9.02. The highest BCUT2D eigenvalue weighted by molar-refractivity contribution is 7.22. The second-order valence-corrected chi connectivity index (χ2v) is 6.88. The van der Waals surface area contributed by atoms with E-state index >= 15 is 0 Å². The number of thiazole rings is 1. The average Bonchev–Trinajstić information content (AvgIpc) is 3.12. The highest BCUT2D eigenvalue weighted by Crippen LogP contribution is 2.38. The molecule has 2 N–H and O–H groups in total. The number of hydrogen-bond donors (Lipinski definition) is 2. The first-order valence-electron chi connectivity index (χ1n) is 7.83. The zero-order valence-electron chi connectivity index (χ0n) is 13.7. The summed E-state index contributed by atoms with van der Waals surface area (Å²) in [6.07, 6.45) is 3.01. The molecule has 0 unspecified atom stereocenters. The summed E-state index contributed by atoms with van der Waals surface area (Å²) in [4.78, 5) is 17.1. The maximum Gasteiger partial charge on any atom is 0.151 e. The Bertz CT molecular complexity index is 1190. The van der Waals surface area contributed by atoms with Gasteiger partial charge in [0.2, 0.25) is 0 Å². The number of nitrogens with zero attached hydrogens (tertiary/aromatic N) is 5. The molecular formula is C18H11ClN6OS. The average molecular weight is 395 g/mol. The Morgan fingerprint density at radius 2 is 2.11 bits per heavy atom. The van der Waals surface area contributed by atoms with Crippen molar-refractivity contribution in [3.8, 4) is 16.6 Å². The number of aliphatic hydroxyl groups is 1. The van der Waals surface area contributed by atoms with E-state index in [0.717, 1.165) is 10.2 Å². The molecule has 0 fully saturated rings. The van der Waals surface area contributed by atoms with Gasteiger partial charge in [-0.2, -0.15) is 5.26 Å². The number of aromatic nitrogens is 4. The van der Waals surface area contributed by atoms with E-state index in [1.807, 2.05) is 0 Å². The number of nitrogens with one attached hydrogen (secondary N) is 1. The Morgan fingerprint density at radius 1 is 1.22 bits per heavy atom. The molecule has 0 aliphatic carbocycles. The smallest absolute Gasteiger partial charge is 0.151 e. The Labute approximate surface area is 163 Å². The normalized spacial score (nSPS) is 10.7. The number of fused-ring (bicyclic) bond motifs is 1. The van der Waals surface area contributed by atoms with Crippen LogP contribution in [0.5, 0.6) is 0 Å². The molecule has 27 heavy (non-hydrogen) atoms. The SMILES string of the molecule is N#Cc1cccc(Cl)c1-c1nc2ccnc(Nc3cc(CO)ncn3)c2s1. The lowest BCUT2D eigenvalue weighted by Gasteiger charge is -2.05. The third-order valence-electron chi connectivity index (χ3n) is 3.78. The molecule has 0 saturated heterocycles. The molecule has 4 aromatic rings. The number of benzene rings is 1. The van der Waals surface area contributed by atoms with Crippen molar-refractivity contribution in [2.24, 2.45) is 0 Å². The number of aliphatic hydroxyl groups excluding tert-OH is 1. The van der Waals surface area contributed by atoms with Gasteiger partial charge < -0.3 is 10.4 Å². The molecule has 0 amide bonds. The van der Waals surface area contributed by atoms with Gasteiger partial charge in [-0.05, 0) is 18.2 Å². The maximum absolute atomic E-state index is 9.39. The predicted molar refractivity (Wildman–Crippen MR) is 104 cm³/mol. The van der Waals surface area contributed by atoms with Gasteiger partial charge in [0.05, 0.1) is 39.2 Å². The Kier molecular flexibility index (Phi) is 4.64. The summed E-state index contributed by atoms with van der Waals surface area (Å²) in [6.45, 7) is -0.178. The topological polar surface area (TPSA) is 108 Å². The van der Waals surface area contributed by atoms with E-state index in [-0.39, 0.29) is 6.61 Å². The fraction of sp³-hybridized carbons (Fsp3) is 0.0556. The van der Waals surface area contributed by atoms with Gasteiger partial charge in [0.25, 0.3) is 0 Å². The van der Waals surface area contributed by atoms with Crippen LogP contribution < -0.4 is 5.32 Å². The van der Waals surface area contributed by atoms with Crippen LogP contribution in [0, 0.1) is 11.3 Å². The van der Waals surface area contributed by atoms with Crippen LogP contribution in [-0.2, 0) is 6.61 Å². The molecule has 3 heterocycles. The Morgan fingerprint density at radius 3 is 2.93 bits per heavy atom. The maximum atomic E-state index is 9.39. The minimum Gasteiger partial charge on any atom is -0.390 e. The number of halogens is 1. The Balaban J connectivity index is 1.81. The summed E-state index contributed by atoms with van der Waals surface area (Å²) in [7, 11) is 0. The highest BCUT2D eigenvalue weighted by atomic mass is 35.5. The van der Waals surface area contributed by atoms with Crippen LogP contribution in [0.1, 0.15) is 11.3 Å². The first kappa shape index (κ1) is 17.3.